The molecular formula is C41H65N7O13. The number of carboxylic acids is 2. The maximum absolute atomic E-state index is 13.6. The van der Waals surface area contributed by atoms with E-state index in [9.17, 15) is 58.5 Å². The number of rotatable bonds is 25. The summed E-state index contributed by atoms with van der Waals surface area (Å²) >= 11 is 0. The van der Waals surface area contributed by atoms with Gasteiger partial charge in [0.2, 0.25) is 35.4 Å². The molecule has 8 atom stereocenters. The Bertz CT molecular complexity index is 1680. The van der Waals surface area contributed by atoms with Crippen molar-refractivity contribution in [2.45, 2.75) is 149 Å². The molecule has 0 aliphatic carbocycles. The highest BCUT2D eigenvalue weighted by atomic mass is 16.6. The molecule has 342 valence electrons. The number of nitrogens with two attached hydrogens (primary N) is 1. The lowest BCUT2D eigenvalue weighted by molar-refractivity contribution is -0.143. The molecule has 1 aromatic rings. The lowest BCUT2D eigenvalue weighted by Gasteiger charge is -2.30. The zero-order valence-corrected chi connectivity index (χ0v) is 36.4. The first kappa shape index (κ1) is 53.2. The normalized spacial score (nSPS) is 15.3. The lowest BCUT2D eigenvalue weighted by Crippen LogP contribution is -2.58. The van der Waals surface area contributed by atoms with Crippen LogP contribution in [0.15, 0.2) is 30.3 Å². The molecule has 11 N–H and O–H groups in total. The summed E-state index contributed by atoms with van der Waals surface area (Å²) in [5.74, 6) is -9.28. The molecule has 0 aromatic heterocycles. The van der Waals surface area contributed by atoms with Gasteiger partial charge in [-0.15, -0.1) is 0 Å². The van der Waals surface area contributed by atoms with Crippen LogP contribution < -0.4 is 37.6 Å². The minimum atomic E-state index is -1.51. The summed E-state index contributed by atoms with van der Waals surface area (Å²) in [6, 6.07) is 0.630. The number of aliphatic hydroxyl groups excluding tert-OH is 1. The topological polar surface area (TPSA) is 322 Å². The van der Waals surface area contributed by atoms with Crippen molar-refractivity contribution in [1.82, 2.24) is 31.9 Å². The molecule has 0 heterocycles. The number of hydrogen-bond donors (Lipinski definition) is 10. The summed E-state index contributed by atoms with van der Waals surface area (Å²) in [5, 5.41) is 45.1. The fraction of sp³-hybridized carbons (Fsp3) is 0.634. The van der Waals surface area contributed by atoms with Gasteiger partial charge in [0.1, 0.15) is 35.8 Å². The summed E-state index contributed by atoms with van der Waals surface area (Å²) in [6.45, 7) is 14.6. The van der Waals surface area contributed by atoms with Crippen molar-refractivity contribution in [2.75, 3.05) is 0 Å². The Morgan fingerprint density at radius 2 is 1.25 bits per heavy atom. The summed E-state index contributed by atoms with van der Waals surface area (Å²) in [4.78, 5) is 114. The Balaban J connectivity index is 3.06. The molecule has 8 unspecified atom stereocenters. The van der Waals surface area contributed by atoms with Crippen molar-refractivity contribution in [2.24, 2.45) is 23.5 Å². The van der Waals surface area contributed by atoms with Gasteiger partial charge in [0, 0.05) is 18.8 Å². The average molecular weight is 864 g/mol. The third-order valence-electron chi connectivity index (χ3n) is 9.15. The first-order valence-electron chi connectivity index (χ1n) is 20.2. The molecule has 0 saturated carbocycles. The Kier molecular flexibility index (Phi) is 21.9. The third-order valence-corrected chi connectivity index (χ3v) is 9.15. The Hall–Kier alpha value is -5.79. The molecule has 7 amide bonds. The van der Waals surface area contributed by atoms with E-state index in [0.29, 0.717) is 5.56 Å². The van der Waals surface area contributed by atoms with Crippen molar-refractivity contribution >= 4 is 53.5 Å². The molecule has 20 heteroatoms. The largest absolute Gasteiger partial charge is 0.481 e. The quantitative estimate of drug-likeness (QED) is 0.0641. The minimum absolute atomic E-state index is 0.0856. The highest BCUT2D eigenvalue weighted by Gasteiger charge is 2.35. The smallest absolute Gasteiger partial charge is 0.408 e. The van der Waals surface area contributed by atoms with Crippen LogP contribution in [0, 0.1) is 17.8 Å². The van der Waals surface area contributed by atoms with Crippen LogP contribution in [0.4, 0.5) is 4.79 Å². The summed E-state index contributed by atoms with van der Waals surface area (Å²) in [7, 11) is 0. The van der Waals surface area contributed by atoms with Crippen molar-refractivity contribution in [3.63, 3.8) is 0 Å². The van der Waals surface area contributed by atoms with Gasteiger partial charge in [-0.1, -0.05) is 65.0 Å². The highest BCUT2D eigenvalue weighted by Crippen LogP contribution is 2.17. The van der Waals surface area contributed by atoms with Crippen LogP contribution >= 0.6 is 0 Å². The van der Waals surface area contributed by atoms with Gasteiger partial charge in [-0.2, -0.15) is 0 Å². The van der Waals surface area contributed by atoms with Crippen molar-refractivity contribution < 1.29 is 63.2 Å². The fourth-order valence-corrected chi connectivity index (χ4v) is 5.96. The number of ether oxygens (including phenoxy) is 1. The van der Waals surface area contributed by atoms with E-state index in [-0.39, 0.29) is 31.6 Å². The molecule has 0 spiro atoms. The lowest BCUT2D eigenvalue weighted by atomic mass is 9.92. The molecule has 0 bridgehead atoms. The number of aliphatic hydroxyl groups is 1. The highest BCUT2D eigenvalue weighted by molar-refractivity contribution is 5.95. The molecule has 0 aliphatic heterocycles. The Morgan fingerprint density at radius 3 is 1.75 bits per heavy atom. The predicted molar refractivity (Wildman–Crippen MR) is 221 cm³/mol. The van der Waals surface area contributed by atoms with Crippen molar-refractivity contribution in [3.8, 4) is 0 Å². The monoisotopic (exact) mass is 863 g/mol. The van der Waals surface area contributed by atoms with Gasteiger partial charge < -0.3 is 57.7 Å². The minimum Gasteiger partial charge on any atom is -0.481 e. The predicted octanol–water partition coefficient (Wildman–Crippen LogP) is 0.480. The maximum atomic E-state index is 13.6. The average Bonchev–Trinajstić information content (AvgIpc) is 3.13. The van der Waals surface area contributed by atoms with Crippen molar-refractivity contribution in [1.29, 1.82) is 0 Å². The second kappa shape index (κ2) is 25.1. The van der Waals surface area contributed by atoms with E-state index in [1.165, 1.54) is 13.8 Å². The summed E-state index contributed by atoms with van der Waals surface area (Å²) in [6.07, 6.45) is -3.91. The fourth-order valence-electron chi connectivity index (χ4n) is 5.96. The van der Waals surface area contributed by atoms with Crippen LogP contribution in [-0.4, -0.2) is 117 Å². The maximum Gasteiger partial charge on any atom is 0.408 e. The molecule has 0 aliphatic rings. The molecule has 0 radical (unpaired) electrons. The number of aliphatic carboxylic acids is 2. The van der Waals surface area contributed by atoms with Crippen LogP contribution in [0.1, 0.15) is 100.0 Å². The van der Waals surface area contributed by atoms with E-state index in [1.807, 2.05) is 13.8 Å². The molecule has 20 nitrogen and oxygen atoms in total. The summed E-state index contributed by atoms with van der Waals surface area (Å²) < 4.78 is 5.25. The van der Waals surface area contributed by atoms with E-state index in [1.54, 1.807) is 65.0 Å². The first-order chi connectivity index (χ1) is 28.2. The number of carboxylic acid groups (broad SMARTS) is 2. The molecule has 61 heavy (non-hydrogen) atoms. The van der Waals surface area contributed by atoms with Gasteiger partial charge >= 0.3 is 18.0 Å². The molecule has 1 rings (SSSR count). The third kappa shape index (κ3) is 20.8. The van der Waals surface area contributed by atoms with Crippen LogP contribution in [0.25, 0.3) is 0 Å². The molecular weight excluding hydrogens is 798 g/mol. The first-order valence-corrected chi connectivity index (χ1v) is 20.2. The Labute approximate surface area is 356 Å². The SMILES string of the molecule is CC(C)CC(NC(=O)C(CC(N)=O)NC(=O)C(NC(=O)OC(C)(C)C)C(C)C)C(O)CC(C)C(=O)NC(C)C(=O)NC(CCC(=O)O)C(=O)NC(Cc1ccccc1)C(=O)O. The molecule has 0 saturated heterocycles. The second-order valence-electron chi connectivity index (χ2n) is 16.9. The number of hydrogen-bond acceptors (Lipinski definition) is 11. The van der Waals surface area contributed by atoms with Crippen LogP contribution in [0.2, 0.25) is 0 Å². The molecule has 1 aromatic carbocycles. The zero-order chi connectivity index (χ0) is 46.8. The van der Waals surface area contributed by atoms with Crippen LogP contribution in [0.3, 0.4) is 0 Å². The second-order valence-corrected chi connectivity index (χ2v) is 16.9. The zero-order valence-electron chi connectivity index (χ0n) is 36.4. The van der Waals surface area contributed by atoms with Crippen molar-refractivity contribution in [3.05, 3.63) is 35.9 Å². The van der Waals surface area contributed by atoms with Gasteiger partial charge in [0.15, 0.2) is 0 Å². The van der Waals surface area contributed by atoms with E-state index in [2.05, 4.69) is 31.9 Å². The van der Waals surface area contributed by atoms with E-state index < -0.39 is 126 Å². The summed E-state index contributed by atoms with van der Waals surface area (Å²) in [5.41, 5.74) is 5.15. The van der Waals surface area contributed by atoms with E-state index >= 15 is 0 Å². The Morgan fingerprint density at radius 1 is 0.689 bits per heavy atom. The van der Waals surface area contributed by atoms with E-state index in [4.69, 9.17) is 10.5 Å². The molecule has 0 fully saturated rings. The van der Waals surface area contributed by atoms with Gasteiger partial charge in [-0.25, -0.2) is 9.59 Å². The number of alkyl carbamates (subject to hydrolysis) is 1. The van der Waals surface area contributed by atoms with Gasteiger partial charge in [-0.3, -0.25) is 33.6 Å². The number of carbonyl (C=O) groups excluding carboxylic acids is 7. The number of amides is 7. The van der Waals surface area contributed by atoms with Gasteiger partial charge in [-0.05, 0) is 64.4 Å². The van der Waals surface area contributed by atoms with Gasteiger partial charge in [0.05, 0.1) is 18.6 Å². The van der Waals surface area contributed by atoms with Crippen LogP contribution in [0.5, 0.6) is 0 Å². The standard InChI is InChI=1S/C41H65N7O13/c1-21(2)17-27(45-37(56)28(20-31(42)50)46-38(57)33(22(3)4)48-40(60)61-41(7,8)9)30(49)18-23(5)34(53)43-24(6)35(54)44-26(15-16-32(51)52)36(55)47-29(39(58)59)19-25-13-11-10-12-14-25/h10-14,21-24,26-30,33,49H,15-20H2,1-9H3,(H2,42,50)(H,43,53)(H,44,54)(H,45,56)(H,46,57)(H,47,55)(H,48,60)(H,51,52)(H,58,59). The number of carbonyl (C=O) groups is 9. The number of benzene rings is 1. The number of primary amides is 1. The van der Waals surface area contributed by atoms with Crippen LogP contribution in [-0.2, 0) is 49.5 Å². The number of nitrogens with one attached hydrogen (secondary N) is 6. The van der Waals surface area contributed by atoms with Gasteiger partial charge in [0.25, 0.3) is 0 Å². The van der Waals surface area contributed by atoms with E-state index in [0.717, 1.165) is 0 Å².